The van der Waals surface area contributed by atoms with Crippen LogP contribution in [0.3, 0.4) is 0 Å². The van der Waals surface area contributed by atoms with Crippen LogP contribution in [0.2, 0.25) is 0 Å². The van der Waals surface area contributed by atoms with Crippen LogP contribution in [0.4, 0.5) is 18.9 Å². The van der Waals surface area contributed by atoms with Crippen LogP contribution in [-0.2, 0) is 6.18 Å². The first kappa shape index (κ1) is 18.3. The number of rotatable bonds is 3. The molecule has 0 aliphatic carbocycles. The average molecular weight is 352 g/mol. The molecule has 2 N–H and O–H groups in total. The summed E-state index contributed by atoms with van der Waals surface area (Å²) in [5, 5.41) is 6.40. The number of thiocarbonyl (C=S) groups is 1. The average Bonchev–Trinajstić information content (AvgIpc) is 2.49. The van der Waals surface area contributed by atoms with Crippen LogP contribution in [-0.4, -0.2) is 5.11 Å². The Balaban J connectivity index is 1.98. The first-order valence-corrected chi connectivity index (χ1v) is 7.89. The molecule has 0 spiro atoms. The lowest BCUT2D eigenvalue weighted by molar-refractivity contribution is -0.137. The molecule has 24 heavy (non-hydrogen) atoms. The molecule has 2 aromatic carbocycles. The van der Waals surface area contributed by atoms with Crippen molar-refractivity contribution in [1.29, 1.82) is 0 Å². The Kier molecular flexibility index (Phi) is 5.49. The van der Waals surface area contributed by atoms with Gasteiger partial charge in [0.1, 0.15) is 0 Å². The third-order valence-electron chi connectivity index (χ3n) is 3.85. The van der Waals surface area contributed by atoms with Gasteiger partial charge in [0.15, 0.2) is 5.11 Å². The van der Waals surface area contributed by atoms with Crippen molar-refractivity contribution in [1.82, 2.24) is 5.32 Å². The molecule has 1 atom stereocenters. The van der Waals surface area contributed by atoms with Crippen LogP contribution in [0.5, 0.6) is 0 Å². The van der Waals surface area contributed by atoms with Crippen molar-refractivity contribution < 1.29 is 13.2 Å². The monoisotopic (exact) mass is 352 g/mol. The maximum absolute atomic E-state index is 12.5. The van der Waals surface area contributed by atoms with Crippen molar-refractivity contribution in [3.8, 4) is 0 Å². The smallest absolute Gasteiger partial charge is 0.356 e. The van der Waals surface area contributed by atoms with Gasteiger partial charge in [0.25, 0.3) is 0 Å². The van der Waals surface area contributed by atoms with Gasteiger partial charge in [-0.1, -0.05) is 18.2 Å². The molecule has 0 aliphatic heterocycles. The second-order valence-corrected chi connectivity index (χ2v) is 6.15. The summed E-state index contributed by atoms with van der Waals surface area (Å²) in [6.45, 7) is 6.07. The van der Waals surface area contributed by atoms with Crippen LogP contribution < -0.4 is 10.6 Å². The van der Waals surface area contributed by atoms with Crippen molar-refractivity contribution in [3.63, 3.8) is 0 Å². The summed E-state index contributed by atoms with van der Waals surface area (Å²) in [4.78, 5) is 0. The van der Waals surface area contributed by atoms with E-state index in [9.17, 15) is 13.2 Å². The second-order valence-electron chi connectivity index (χ2n) is 5.74. The van der Waals surface area contributed by atoms with Gasteiger partial charge in [0.2, 0.25) is 0 Å². The summed E-state index contributed by atoms with van der Waals surface area (Å²) in [6, 6.07) is 10.9. The molecule has 0 radical (unpaired) electrons. The molecule has 0 aromatic heterocycles. The summed E-state index contributed by atoms with van der Waals surface area (Å²) in [6.07, 6.45) is -4.34. The molecular formula is C18H19F3N2S. The van der Waals surface area contributed by atoms with Gasteiger partial charge < -0.3 is 10.6 Å². The fourth-order valence-corrected chi connectivity index (χ4v) is 2.52. The molecule has 0 bridgehead atoms. The van der Waals surface area contributed by atoms with Crippen LogP contribution >= 0.6 is 12.2 Å². The van der Waals surface area contributed by atoms with Crippen molar-refractivity contribution in [2.45, 2.75) is 33.0 Å². The summed E-state index contributed by atoms with van der Waals surface area (Å²) >= 11 is 5.23. The number of aryl methyl sites for hydroxylation is 2. The zero-order valence-electron chi connectivity index (χ0n) is 13.7. The minimum atomic E-state index is -4.34. The van der Waals surface area contributed by atoms with Crippen LogP contribution in [0.15, 0.2) is 42.5 Å². The predicted octanol–water partition coefficient (Wildman–Crippen LogP) is 5.37. The van der Waals surface area contributed by atoms with E-state index < -0.39 is 11.7 Å². The van der Waals surface area contributed by atoms with Gasteiger partial charge in [-0.25, -0.2) is 0 Å². The zero-order valence-corrected chi connectivity index (χ0v) is 14.5. The first-order valence-electron chi connectivity index (χ1n) is 7.49. The second kappa shape index (κ2) is 7.21. The lowest BCUT2D eigenvalue weighted by atomic mass is 10.0. The largest absolute Gasteiger partial charge is 0.416 e. The molecule has 6 heteroatoms. The molecule has 0 amide bonds. The molecule has 0 heterocycles. The SMILES string of the molecule is Cc1ccc(C(C)NC(=S)Nc2ccc(C(F)(F)F)cc2)cc1C. The highest BCUT2D eigenvalue weighted by Gasteiger charge is 2.29. The van der Waals surface area contributed by atoms with Crippen LogP contribution in [0.25, 0.3) is 0 Å². The minimum Gasteiger partial charge on any atom is -0.356 e. The maximum Gasteiger partial charge on any atom is 0.416 e. The van der Waals surface area contributed by atoms with E-state index in [0.29, 0.717) is 10.8 Å². The quantitative estimate of drug-likeness (QED) is 0.726. The van der Waals surface area contributed by atoms with E-state index >= 15 is 0 Å². The summed E-state index contributed by atoms with van der Waals surface area (Å²) < 4.78 is 37.6. The van der Waals surface area contributed by atoms with Gasteiger partial charge in [-0.2, -0.15) is 13.2 Å². The van der Waals surface area contributed by atoms with Gasteiger partial charge in [0.05, 0.1) is 11.6 Å². The van der Waals surface area contributed by atoms with Gasteiger partial charge in [0, 0.05) is 5.69 Å². The highest BCUT2D eigenvalue weighted by atomic mass is 32.1. The molecule has 2 rings (SSSR count). The van der Waals surface area contributed by atoms with E-state index in [-0.39, 0.29) is 6.04 Å². The summed E-state index contributed by atoms with van der Waals surface area (Å²) in [5.41, 5.74) is 3.33. The Morgan fingerprint density at radius 1 is 1.00 bits per heavy atom. The van der Waals surface area contributed by atoms with Crippen molar-refractivity contribution in [2.24, 2.45) is 0 Å². The van der Waals surface area contributed by atoms with Gasteiger partial charge in [-0.15, -0.1) is 0 Å². The van der Waals surface area contributed by atoms with Gasteiger partial charge >= 0.3 is 6.18 Å². The van der Waals surface area contributed by atoms with Gasteiger partial charge in [-0.3, -0.25) is 0 Å². The zero-order chi connectivity index (χ0) is 17.9. The van der Waals surface area contributed by atoms with Gasteiger partial charge in [-0.05, 0) is 73.9 Å². The summed E-state index contributed by atoms with van der Waals surface area (Å²) in [7, 11) is 0. The normalized spacial score (nSPS) is 12.6. The van der Waals surface area contributed by atoms with E-state index in [1.807, 2.05) is 26.8 Å². The molecule has 0 aliphatic rings. The minimum absolute atomic E-state index is 0.0150. The van der Waals surface area contributed by atoms with E-state index in [1.54, 1.807) is 0 Å². The van der Waals surface area contributed by atoms with Crippen molar-refractivity contribution in [2.75, 3.05) is 5.32 Å². The van der Waals surface area contributed by atoms with Crippen LogP contribution in [0, 0.1) is 13.8 Å². The van der Waals surface area contributed by atoms with Crippen molar-refractivity contribution in [3.05, 3.63) is 64.7 Å². The number of benzene rings is 2. The maximum atomic E-state index is 12.5. The standard InChI is InChI=1S/C18H19F3N2S/c1-11-4-5-14(10-12(11)2)13(3)22-17(24)23-16-8-6-15(7-9-16)18(19,20)21/h4-10,13H,1-3H3,(H2,22,23,24). The van der Waals surface area contributed by atoms with Crippen LogP contribution in [0.1, 0.15) is 35.2 Å². The molecule has 2 nitrogen and oxygen atoms in total. The lowest BCUT2D eigenvalue weighted by Crippen LogP contribution is -2.30. The van der Waals surface area contributed by atoms with E-state index in [0.717, 1.165) is 17.7 Å². The molecule has 0 saturated carbocycles. The molecule has 0 fully saturated rings. The molecule has 0 saturated heterocycles. The number of anilines is 1. The Hall–Kier alpha value is -2.08. The third-order valence-corrected chi connectivity index (χ3v) is 4.07. The number of nitrogens with one attached hydrogen (secondary N) is 2. The highest BCUT2D eigenvalue weighted by Crippen LogP contribution is 2.29. The Morgan fingerprint density at radius 3 is 2.17 bits per heavy atom. The fourth-order valence-electron chi connectivity index (χ4n) is 2.22. The van der Waals surface area contributed by atoms with Crippen molar-refractivity contribution >= 4 is 23.0 Å². The fraction of sp³-hybridized carbons (Fsp3) is 0.278. The summed E-state index contributed by atoms with van der Waals surface area (Å²) in [5.74, 6) is 0. The Morgan fingerprint density at radius 2 is 1.62 bits per heavy atom. The molecular weight excluding hydrogens is 333 g/mol. The Bertz CT molecular complexity index is 724. The predicted molar refractivity (Wildman–Crippen MR) is 95.1 cm³/mol. The molecule has 128 valence electrons. The third kappa shape index (κ3) is 4.71. The number of hydrogen-bond donors (Lipinski definition) is 2. The highest BCUT2D eigenvalue weighted by molar-refractivity contribution is 7.80. The topological polar surface area (TPSA) is 24.1 Å². The van der Waals surface area contributed by atoms with E-state index in [1.165, 1.54) is 23.3 Å². The number of halogens is 3. The Labute approximate surface area is 145 Å². The van der Waals surface area contributed by atoms with E-state index in [2.05, 4.69) is 22.8 Å². The molecule has 2 aromatic rings. The number of hydrogen-bond acceptors (Lipinski definition) is 1. The van der Waals surface area contributed by atoms with E-state index in [4.69, 9.17) is 12.2 Å². The first-order chi connectivity index (χ1) is 11.2. The lowest BCUT2D eigenvalue weighted by Gasteiger charge is -2.18. The number of alkyl halides is 3. The molecule has 1 unspecified atom stereocenters.